The quantitative estimate of drug-likeness (QED) is 0.886. The molecule has 18 heavy (non-hydrogen) atoms. The molecule has 2 aromatic rings. The molecule has 94 valence electrons. The van der Waals surface area contributed by atoms with Crippen molar-refractivity contribution < 1.29 is 13.9 Å². The van der Waals surface area contributed by atoms with Gasteiger partial charge >= 0.3 is 0 Å². The summed E-state index contributed by atoms with van der Waals surface area (Å²) >= 11 is 2.98. The van der Waals surface area contributed by atoms with E-state index in [9.17, 15) is 13.9 Å². The molecule has 1 heterocycles. The number of benzene rings is 1. The summed E-state index contributed by atoms with van der Waals surface area (Å²) in [5, 5.41) is 9.89. The molecule has 2 rings (SSSR count). The van der Waals surface area contributed by atoms with E-state index in [1.54, 1.807) is 0 Å². The van der Waals surface area contributed by atoms with Crippen molar-refractivity contribution in [3.8, 4) is 0 Å². The van der Waals surface area contributed by atoms with Crippen LogP contribution in [0.5, 0.6) is 0 Å². The van der Waals surface area contributed by atoms with Crippen LogP contribution >= 0.6 is 15.9 Å². The number of hydrogen-bond donors (Lipinski definition) is 1. The van der Waals surface area contributed by atoms with E-state index in [1.165, 1.54) is 24.8 Å². The van der Waals surface area contributed by atoms with Crippen LogP contribution in [-0.2, 0) is 6.42 Å². The Morgan fingerprint density at radius 3 is 2.56 bits per heavy atom. The molecule has 0 radical (unpaired) electrons. The van der Waals surface area contributed by atoms with Crippen LogP contribution in [0.4, 0.5) is 8.78 Å². The zero-order valence-corrected chi connectivity index (χ0v) is 10.7. The van der Waals surface area contributed by atoms with Crippen molar-refractivity contribution in [3.63, 3.8) is 0 Å². The molecule has 0 aliphatic carbocycles. The lowest BCUT2D eigenvalue weighted by atomic mass is 10.0. The molecule has 0 spiro atoms. The van der Waals surface area contributed by atoms with Crippen molar-refractivity contribution in [1.29, 1.82) is 0 Å². The van der Waals surface area contributed by atoms with E-state index in [1.807, 2.05) is 0 Å². The topological polar surface area (TPSA) is 46.0 Å². The van der Waals surface area contributed by atoms with Crippen molar-refractivity contribution in [1.82, 2.24) is 9.97 Å². The first kappa shape index (κ1) is 13.0. The summed E-state index contributed by atoms with van der Waals surface area (Å²) < 4.78 is 27.4. The van der Waals surface area contributed by atoms with Gasteiger partial charge in [-0.15, -0.1) is 0 Å². The van der Waals surface area contributed by atoms with Crippen molar-refractivity contribution in [2.24, 2.45) is 0 Å². The van der Waals surface area contributed by atoms with Gasteiger partial charge in [-0.3, -0.25) is 0 Å². The summed E-state index contributed by atoms with van der Waals surface area (Å²) in [6.07, 6.45) is 2.90. The van der Waals surface area contributed by atoms with Crippen LogP contribution in [0.25, 0.3) is 0 Å². The molecule has 1 aromatic carbocycles. The summed E-state index contributed by atoms with van der Waals surface area (Å²) in [4.78, 5) is 7.48. The fourth-order valence-electron chi connectivity index (χ4n) is 1.55. The van der Waals surface area contributed by atoms with Gasteiger partial charge in [0.1, 0.15) is 18.0 Å². The van der Waals surface area contributed by atoms with Crippen molar-refractivity contribution in [2.45, 2.75) is 12.5 Å². The molecule has 0 bridgehead atoms. The largest absolute Gasteiger partial charge is 0.388 e. The van der Waals surface area contributed by atoms with Crippen LogP contribution in [0.15, 0.2) is 35.3 Å². The van der Waals surface area contributed by atoms with Crippen molar-refractivity contribution in [2.75, 3.05) is 0 Å². The Kier molecular flexibility index (Phi) is 3.98. The SMILES string of the molecule is OC(Cc1c(F)ccc(Br)c1F)c1cncnc1. The zero-order valence-electron chi connectivity index (χ0n) is 9.15. The van der Waals surface area contributed by atoms with Gasteiger partial charge in [0.25, 0.3) is 0 Å². The fraction of sp³-hybridized carbons (Fsp3) is 0.167. The summed E-state index contributed by atoms with van der Waals surface area (Å²) in [5.74, 6) is -1.39. The average molecular weight is 315 g/mol. The zero-order chi connectivity index (χ0) is 13.1. The Hall–Kier alpha value is -1.40. The highest BCUT2D eigenvalue weighted by Crippen LogP contribution is 2.26. The number of aliphatic hydroxyl groups excluding tert-OH is 1. The van der Waals surface area contributed by atoms with Gasteiger partial charge < -0.3 is 5.11 Å². The number of hydrogen-bond acceptors (Lipinski definition) is 3. The molecule has 0 fully saturated rings. The molecule has 0 aliphatic rings. The molecule has 0 aliphatic heterocycles. The maximum atomic E-state index is 13.7. The molecule has 1 aromatic heterocycles. The van der Waals surface area contributed by atoms with Gasteiger partial charge in [0.05, 0.1) is 10.6 Å². The van der Waals surface area contributed by atoms with Crippen LogP contribution in [-0.4, -0.2) is 15.1 Å². The minimum atomic E-state index is -1.05. The third kappa shape index (κ3) is 2.70. The lowest BCUT2D eigenvalue weighted by Crippen LogP contribution is -2.07. The monoisotopic (exact) mass is 314 g/mol. The van der Waals surface area contributed by atoms with Crippen LogP contribution in [0.2, 0.25) is 0 Å². The summed E-state index contributed by atoms with van der Waals surface area (Å²) in [5.41, 5.74) is 0.247. The highest BCUT2D eigenvalue weighted by molar-refractivity contribution is 9.10. The van der Waals surface area contributed by atoms with Gasteiger partial charge in [0.2, 0.25) is 0 Å². The van der Waals surface area contributed by atoms with Gasteiger partial charge in [-0.05, 0) is 28.1 Å². The minimum absolute atomic E-state index is 0.162. The Morgan fingerprint density at radius 1 is 1.22 bits per heavy atom. The molecule has 1 atom stereocenters. The highest BCUT2D eigenvalue weighted by Gasteiger charge is 2.17. The number of rotatable bonds is 3. The first-order valence-electron chi connectivity index (χ1n) is 5.15. The van der Waals surface area contributed by atoms with Gasteiger partial charge in [-0.2, -0.15) is 0 Å². The fourth-order valence-corrected chi connectivity index (χ4v) is 1.92. The molecule has 1 unspecified atom stereocenters. The summed E-state index contributed by atoms with van der Waals surface area (Å²) in [6.45, 7) is 0. The van der Waals surface area contributed by atoms with E-state index >= 15 is 0 Å². The highest BCUT2D eigenvalue weighted by atomic mass is 79.9. The van der Waals surface area contributed by atoms with Crippen molar-refractivity contribution >= 4 is 15.9 Å². The number of aromatic nitrogens is 2. The maximum absolute atomic E-state index is 13.7. The van der Waals surface area contributed by atoms with Crippen LogP contribution < -0.4 is 0 Å². The molecule has 6 heteroatoms. The summed E-state index contributed by atoms with van der Waals surface area (Å²) in [6, 6.07) is 2.43. The predicted octanol–water partition coefficient (Wildman–Crippen LogP) is 2.79. The van der Waals surface area contributed by atoms with Crippen LogP contribution in [0.3, 0.4) is 0 Å². The second-order valence-corrected chi connectivity index (χ2v) is 4.57. The first-order valence-corrected chi connectivity index (χ1v) is 5.94. The van der Waals surface area contributed by atoms with E-state index in [4.69, 9.17) is 0 Å². The number of aliphatic hydroxyl groups is 1. The normalized spacial score (nSPS) is 12.4. The van der Waals surface area contributed by atoms with E-state index < -0.39 is 17.7 Å². The lowest BCUT2D eigenvalue weighted by Gasteiger charge is -2.12. The van der Waals surface area contributed by atoms with Gasteiger partial charge in [0.15, 0.2) is 0 Å². The molecular weight excluding hydrogens is 306 g/mol. The Balaban J connectivity index is 2.27. The number of nitrogens with zero attached hydrogens (tertiary/aromatic N) is 2. The van der Waals surface area contributed by atoms with E-state index in [0.717, 1.165) is 6.07 Å². The Labute approximate surface area is 111 Å². The Bertz CT molecular complexity index is 551. The van der Waals surface area contributed by atoms with Gasteiger partial charge in [-0.25, -0.2) is 18.7 Å². The second kappa shape index (κ2) is 5.49. The standard InChI is InChI=1S/C12H9BrF2N2O/c13-9-1-2-10(14)8(12(9)15)3-11(18)7-4-16-6-17-5-7/h1-2,4-6,11,18H,3H2. The first-order chi connectivity index (χ1) is 8.59. The van der Waals surface area contributed by atoms with E-state index in [-0.39, 0.29) is 16.5 Å². The molecule has 1 N–H and O–H groups in total. The lowest BCUT2D eigenvalue weighted by molar-refractivity contribution is 0.174. The third-order valence-electron chi connectivity index (χ3n) is 2.50. The van der Waals surface area contributed by atoms with E-state index in [0.29, 0.717) is 5.56 Å². The third-order valence-corrected chi connectivity index (χ3v) is 3.11. The van der Waals surface area contributed by atoms with Crippen molar-refractivity contribution in [3.05, 3.63) is 58.1 Å². The Morgan fingerprint density at radius 2 is 1.89 bits per heavy atom. The van der Waals surface area contributed by atoms with Gasteiger partial charge in [-0.1, -0.05) is 0 Å². The summed E-state index contributed by atoms with van der Waals surface area (Å²) in [7, 11) is 0. The molecule has 0 amide bonds. The maximum Gasteiger partial charge on any atom is 0.143 e. The van der Waals surface area contributed by atoms with Crippen LogP contribution in [0, 0.1) is 11.6 Å². The molecular formula is C12H9BrF2N2O. The van der Waals surface area contributed by atoms with Gasteiger partial charge in [0, 0.05) is 29.9 Å². The molecule has 0 saturated heterocycles. The van der Waals surface area contributed by atoms with Crippen LogP contribution in [0.1, 0.15) is 17.2 Å². The van der Waals surface area contributed by atoms with E-state index in [2.05, 4.69) is 25.9 Å². The smallest absolute Gasteiger partial charge is 0.143 e. The molecule has 3 nitrogen and oxygen atoms in total. The number of halogens is 3. The predicted molar refractivity (Wildman–Crippen MR) is 64.8 cm³/mol. The average Bonchev–Trinajstić information content (AvgIpc) is 2.40. The second-order valence-electron chi connectivity index (χ2n) is 3.71. The minimum Gasteiger partial charge on any atom is -0.388 e. The molecule has 0 saturated carbocycles.